The molecule has 1 atom stereocenters. The molecule has 0 spiro atoms. The Morgan fingerprint density at radius 2 is 2.14 bits per heavy atom. The van der Waals surface area contributed by atoms with Crippen LogP contribution < -0.4 is 5.32 Å². The Morgan fingerprint density at radius 1 is 1.29 bits per heavy atom. The van der Waals surface area contributed by atoms with Gasteiger partial charge in [0.25, 0.3) is 0 Å². The summed E-state index contributed by atoms with van der Waals surface area (Å²) in [5.41, 5.74) is 4.06. The summed E-state index contributed by atoms with van der Waals surface area (Å²) in [5, 5.41) is 11.9. The number of nitrogens with zero attached hydrogens (tertiary/aromatic N) is 3. The number of aryl methyl sites for hydroxylation is 2. The molecule has 0 fully saturated rings. The number of rotatable bonds is 7. The van der Waals surface area contributed by atoms with Gasteiger partial charge in [-0.25, -0.2) is 0 Å². The van der Waals surface area contributed by atoms with Gasteiger partial charge < -0.3 is 14.3 Å². The summed E-state index contributed by atoms with van der Waals surface area (Å²) in [6.45, 7) is 2.59. The van der Waals surface area contributed by atoms with Crippen molar-refractivity contribution in [2.45, 2.75) is 50.4 Å². The third kappa shape index (κ3) is 4.47. The number of amides is 1. The first-order valence-electron chi connectivity index (χ1n) is 9.63. The Hall–Kier alpha value is -2.54. The van der Waals surface area contributed by atoms with Crippen LogP contribution in [-0.4, -0.2) is 26.4 Å². The van der Waals surface area contributed by atoms with E-state index in [4.69, 9.17) is 4.42 Å². The molecule has 28 heavy (non-hydrogen) atoms. The fraction of sp³-hybridized carbons (Fsp3) is 0.381. The Balaban J connectivity index is 1.32. The molecule has 0 bridgehead atoms. The van der Waals surface area contributed by atoms with Crippen molar-refractivity contribution in [2.75, 3.05) is 5.75 Å². The molecule has 0 saturated carbocycles. The third-order valence-corrected chi connectivity index (χ3v) is 6.05. The second-order valence-electron chi connectivity index (χ2n) is 7.13. The van der Waals surface area contributed by atoms with Crippen LogP contribution in [0.25, 0.3) is 0 Å². The Kier molecular flexibility index (Phi) is 5.81. The van der Waals surface area contributed by atoms with Crippen molar-refractivity contribution < 1.29 is 9.21 Å². The maximum atomic E-state index is 12.4. The third-order valence-electron chi connectivity index (χ3n) is 5.07. The zero-order valence-corrected chi connectivity index (χ0v) is 16.7. The first-order valence-corrected chi connectivity index (χ1v) is 10.6. The molecule has 0 aliphatic heterocycles. The van der Waals surface area contributed by atoms with Gasteiger partial charge in [-0.2, -0.15) is 0 Å². The highest BCUT2D eigenvalue weighted by atomic mass is 32.2. The van der Waals surface area contributed by atoms with Gasteiger partial charge in [0.05, 0.1) is 24.6 Å². The van der Waals surface area contributed by atoms with Gasteiger partial charge in [0.1, 0.15) is 12.1 Å². The summed E-state index contributed by atoms with van der Waals surface area (Å²) in [6, 6.07) is 10.4. The van der Waals surface area contributed by atoms with Crippen molar-refractivity contribution in [1.82, 2.24) is 20.1 Å². The normalized spacial score (nSPS) is 14.5. The molecule has 146 valence electrons. The number of hydrogen-bond donors (Lipinski definition) is 1. The number of hydrogen-bond acceptors (Lipinski definition) is 5. The molecule has 1 aliphatic carbocycles. The first kappa shape index (κ1) is 18.8. The van der Waals surface area contributed by atoms with E-state index in [1.807, 2.05) is 23.6 Å². The van der Waals surface area contributed by atoms with Crippen molar-refractivity contribution in [3.63, 3.8) is 0 Å². The van der Waals surface area contributed by atoms with E-state index in [0.717, 1.165) is 12.2 Å². The molecule has 6 nitrogen and oxygen atoms in total. The second-order valence-corrected chi connectivity index (χ2v) is 8.08. The topological polar surface area (TPSA) is 73.0 Å². The molecule has 4 rings (SSSR count). The number of aromatic nitrogens is 3. The van der Waals surface area contributed by atoms with Crippen LogP contribution in [0.15, 0.2) is 52.5 Å². The number of thioether (sulfide) groups is 1. The number of furan rings is 1. The van der Waals surface area contributed by atoms with Gasteiger partial charge in [-0.05, 0) is 61.4 Å². The fourth-order valence-electron chi connectivity index (χ4n) is 3.55. The molecule has 7 heteroatoms. The number of benzene rings is 1. The van der Waals surface area contributed by atoms with E-state index in [9.17, 15) is 4.79 Å². The molecule has 1 aromatic carbocycles. The monoisotopic (exact) mass is 396 g/mol. The smallest absolute Gasteiger partial charge is 0.230 e. The molecule has 1 unspecified atom stereocenters. The van der Waals surface area contributed by atoms with Crippen LogP contribution in [0.5, 0.6) is 0 Å². The van der Waals surface area contributed by atoms with E-state index in [0.29, 0.717) is 17.5 Å². The maximum Gasteiger partial charge on any atom is 0.230 e. The Bertz CT molecular complexity index is 936. The number of nitrogens with one attached hydrogen (secondary N) is 1. The maximum absolute atomic E-state index is 12.4. The Labute approximate surface area is 168 Å². The molecule has 1 aliphatic rings. The highest BCUT2D eigenvalue weighted by molar-refractivity contribution is 7.99. The summed E-state index contributed by atoms with van der Waals surface area (Å²) < 4.78 is 7.24. The summed E-state index contributed by atoms with van der Waals surface area (Å²) in [6.07, 6.45) is 8.14. The number of fused-ring (bicyclic) bond motifs is 1. The molecule has 3 aromatic rings. The van der Waals surface area contributed by atoms with Crippen molar-refractivity contribution in [3.8, 4) is 0 Å². The van der Waals surface area contributed by atoms with Crippen LogP contribution in [0.2, 0.25) is 0 Å². The largest absolute Gasteiger partial charge is 0.467 e. The molecule has 0 radical (unpaired) electrons. The minimum atomic E-state index is -0.0127. The average molecular weight is 397 g/mol. The zero-order chi connectivity index (χ0) is 19.3. The van der Waals surface area contributed by atoms with Crippen molar-refractivity contribution in [1.29, 1.82) is 0 Å². The van der Waals surface area contributed by atoms with Gasteiger partial charge in [0.2, 0.25) is 5.91 Å². The molecule has 1 N–H and O–H groups in total. The predicted molar refractivity (Wildman–Crippen MR) is 108 cm³/mol. The number of carbonyl (C=O) groups is 1. The predicted octanol–water partition coefficient (Wildman–Crippen LogP) is 3.77. The van der Waals surface area contributed by atoms with E-state index in [1.165, 1.54) is 47.7 Å². The summed E-state index contributed by atoms with van der Waals surface area (Å²) in [4.78, 5) is 12.4. The number of carbonyl (C=O) groups excluding carboxylic acids is 1. The molecule has 1 amide bonds. The lowest BCUT2D eigenvalue weighted by Gasteiger charge is -2.20. The zero-order valence-electron chi connectivity index (χ0n) is 15.9. The minimum absolute atomic E-state index is 0.0113. The van der Waals surface area contributed by atoms with Gasteiger partial charge in [-0.15, -0.1) is 10.2 Å². The van der Waals surface area contributed by atoms with Crippen LogP contribution in [0.3, 0.4) is 0 Å². The van der Waals surface area contributed by atoms with E-state index in [1.54, 1.807) is 12.6 Å². The lowest BCUT2D eigenvalue weighted by molar-refractivity contribution is -0.119. The lowest BCUT2D eigenvalue weighted by Crippen LogP contribution is -2.28. The van der Waals surface area contributed by atoms with Gasteiger partial charge in [-0.3, -0.25) is 4.79 Å². The van der Waals surface area contributed by atoms with Crippen LogP contribution >= 0.6 is 11.8 Å². The molecule has 2 aromatic heterocycles. The van der Waals surface area contributed by atoms with E-state index in [-0.39, 0.29) is 11.9 Å². The van der Waals surface area contributed by atoms with E-state index < -0.39 is 0 Å². The van der Waals surface area contributed by atoms with Crippen LogP contribution in [0, 0.1) is 0 Å². The van der Waals surface area contributed by atoms with Gasteiger partial charge in [-0.1, -0.05) is 30.0 Å². The molecular formula is C21H24N4O2S. The van der Waals surface area contributed by atoms with Crippen LogP contribution in [-0.2, 0) is 24.2 Å². The van der Waals surface area contributed by atoms with Crippen molar-refractivity contribution >= 4 is 17.7 Å². The lowest BCUT2D eigenvalue weighted by atomic mass is 9.89. The SMILES string of the molecule is CC(NC(=O)CSc1nncn1Cc1ccco1)c1ccc2c(c1)CCCC2. The minimum Gasteiger partial charge on any atom is -0.467 e. The highest BCUT2D eigenvalue weighted by Crippen LogP contribution is 2.25. The van der Waals surface area contributed by atoms with Gasteiger partial charge in [0.15, 0.2) is 5.16 Å². The van der Waals surface area contributed by atoms with Gasteiger partial charge in [0, 0.05) is 0 Å². The van der Waals surface area contributed by atoms with E-state index >= 15 is 0 Å². The molecule has 2 heterocycles. The van der Waals surface area contributed by atoms with Crippen molar-refractivity contribution in [2.24, 2.45) is 0 Å². The van der Waals surface area contributed by atoms with Crippen LogP contribution in [0.1, 0.15) is 48.3 Å². The average Bonchev–Trinajstić information content (AvgIpc) is 3.38. The van der Waals surface area contributed by atoms with Gasteiger partial charge >= 0.3 is 0 Å². The fourth-order valence-corrected chi connectivity index (χ4v) is 4.28. The standard InChI is InChI=1S/C21H24N4O2S/c1-15(17-9-8-16-5-2-3-6-18(16)11-17)23-20(26)13-28-21-24-22-14-25(21)12-19-7-4-10-27-19/h4,7-11,14-15H,2-3,5-6,12-13H2,1H3,(H,23,26). The van der Waals surface area contributed by atoms with Crippen LogP contribution in [0.4, 0.5) is 0 Å². The Morgan fingerprint density at radius 3 is 2.96 bits per heavy atom. The summed E-state index contributed by atoms with van der Waals surface area (Å²) >= 11 is 1.38. The van der Waals surface area contributed by atoms with Crippen molar-refractivity contribution in [3.05, 3.63) is 65.4 Å². The quantitative estimate of drug-likeness (QED) is 0.616. The second kappa shape index (κ2) is 8.65. The molecule has 0 saturated heterocycles. The molecular weight excluding hydrogens is 372 g/mol. The summed E-state index contributed by atoms with van der Waals surface area (Å²) in [7, 11) is 0. The first-order chi connectivity index (χ1) is 13.7. The van der Waals surface area contributed by atoms with E-state index in [2.05, 4.69) is 33.7 Å². The summed E-state index contributed by atoms with van der Waals surface area (Å²) in [5.74, 6) is 1.11. The highest BCUT2D eigenvalue weighted by Gasteiger charge is 2.15.